The highest BCUT2D eigenvalue weighted by Crippen LogP contribution is 2.23. The lowest BCUT2D eigenvalue weighted by molar-refractivity contribution is -0.111. The van der Waals surface area contributed by atoms with Gasteiger partial charge in [-0.3, -0.25) is 4.79 Å². The lowest BCUT2D eigenvalue weighted by atomic mass is 9.94. The second kappa shape index (κ2) is 4.49. The molecule has 0 atom stereocenters. The summed E-state index contributed by atoms with van der Waals surface area (Å²) in [4.78, 5) is 16.0. The summed E-state index contributed by atoms with van der Waals surface area (Å²) in [5, 5.41) is 9.21. The number of nitrogens with zero attached hydrogens (tertiary/aromatic N) is 1. The molecule has 4 heteroatoms. The third-order valence-corrected chi connectivity index (χ3v) is 2.84. The summed E-state index contributed by atoms with van der Waals surface area (Å²) in [6.07, 6.45) is 1.49. The smallest absolute Gasteiger partial charge is 0.202 e. The van der Waals surface area contributed by atoms with Crippen molar-refractivity contribution in [1.29, 1.82) is 0 Å². The average Bonchev–Trinajstić information content (AvgIpc) is 2.34. The highest BCUT2D eigenvalue weighted by molar-refractivity contribution is 6.24. The molecule has 0 bridgehead atoms. The molecule has 0 aliphatic heterocycles. The van der Waals surface area contributed by atoms with E-state index >= 15 is 0 Å². The van der Waals surface area contributed by atoms with Crippen molar-refractivity contribution in [2.75, 3.05) is 0 Å². The van der Waals surface area contributed by atoms with Crippen LogP contribution >= 0.6 is 0 Å². The van der Waals surface area contributed by atoms with Crippen LogP contribution in [-0.2, 0) is 4.79 Å². The van der Waals surface area contributed by atoms with Crippen molar-refractivity contribution in [3.05, 3.63) is 47.2 Å². The standard InChI is InChI=1S/C14H14N2O2/c1-8-7-12(18)13(15)9(2)14(8)16-10-3-5-11(17)6-4-10/h3-7,17H,15H2,1-2H3. The molecule has 1 aliphatic carbocycles. The summed E-state index contributed by atoms with van der Waals surface area (Å²) in [5.74, 6) is 0.0199. The summed E-state index contributed by atoms with van der Waals surface area (Å²) in [6.45, 7) is 3.61. The van der Waals surface area contributed by atoms with Crippen LogP contribution in [0.1, 0.15) is 13.8 Å². The number of aromatic hydroxyl groups is 1. The summed E-state index contributed by atoms with van der Waals surface area (Å²) in [7, 11) is 0. The fourth-order valence-electron chi connectivity index (χ4n) is 1.78. The van der Waals surface area contributed by atoms with Gasteiger partial charge in [0.05, 0.1) is 17.1 Å². The molecule has 0 amide bonds. The van der Waals surface area contributed by atoms with Gasteiger partial charge in [0.2, 0.25) is 5.78 Å². The highest BCUT2D eigenvalue weighted by Gasteiger charge is 2.19. The van der Waals surface area contributed by atoms with Gasteiger partial charge in [0.15, 0.2) is 0 Å². The molecule has 3 N–H and O–H groups in total. The van der Waals surface area contributed by atoms with E-state index in [4.69, 9.17) is 5.73 Å². The molecule has 0 unspecified atom stereocenters. The maximum atomic E-state index is 11.5. The van der Waals surface area contributed by atoms with Crippen molar-refractivity contribution in [1.82, 2.24) is 0 Å². The molecule has 1 aromatic rings. The SMILES string of the molecule is CC1=CC(=O)C(N)=C(C)C1=Nc1ccc(O)cc1. The first-order chi connectivity index (χ1) is 8.49. The van der Waals surface area contributed by atoms with Crippen LogP contribution in [0, 0.1) is 0 Å². The number of aliphatic imine (C=N–C) groups is 1. The summed E-state index contributed by atoms with van der Waals surface area (Å²) in [6, 6.07) is 6.54. The number of phenols is 1. The van der Waals surface area contributed by atoms with Crippen molar-refractivity contribution in [2.45, 2.75) is 13.8 Å². The van der Waals surface area contributed by atoms with Gasteiger partial charge in [-0.1, -0.05) is 0 Å². The quantitative estimate of drug-likeness (QED) is 0.741. The number of hydrogen-bond donors (Lipinski definition) is 2. The Hall–Kier alpha value is -2.36. The molecule has 0 spiro atoms. The van der Waals surface area contributed by atoms with Gasteiger partial charge in [0.1, 0.15) is 5.75 Å². The predicted octanol–water partition coefficient (Wildman–Crippen LogP) is 2.23. The van der Waals surface area contributed by atoms with E-state index in [2.05, 4.69) is 4.99 Å². The molecule has 4 nitrogen and oxygen atoms in total. The summed E-state index contributed by atoms with van der Waals surface area (Å²) in [5.41, 5.74) is 8.84. The summed E-state index contributed by atoms with van der Waals surface area (Å²) < 4.78 is 0. The zero-order chi connectivity index (χ0) is 13.3. The Labute approximate surface area is 105 Å². The van der Waals surface area contributed by atoms with Crippen LogP contribution in [0.2, 0.25) is 0 Å². The van der Waals surface area contributed by atoms with Crippen LogP contribution in [0.4, 0.5) is 5.69 Å². The van der Waals surface area contributed by atoms with Crippen LogP contribution in [0.3, 0.4) is 0 Å². The fourth-order valence-corrected chi connectivity index (χ4v) is 1.78. The van der Waals surface area contributed by atoms with E-state index < -0.39 is 0 Å². The van der Waals surface area contributed by atoms with E-state index in [1.807, 2.05) is 6.92 Å². The fraction of sp³-hybridized carbons (Fsp3) is 0.143. The molecule has 0 radical (unpaired) electrons. The van der Waals surface area contributed by atoms with Crippen molar-refractivity contribution in [3.8, 4) is 5.75 Å². The highest BCUT2D eigenvalue weighted by atomic mass is 16.3. The molecule has 92 valence electrons. The van der Waals surface area contributed by atoms with Gasteiger partial charge in [-0.05, 0) is 49.8 Å². The first-order valence-corrected chi connectivity index (χ1v) is 5.56. The molecule has 18 heavy (non-hydrogen) atoms. The molecule has 0 saturated heterocycles. The molecule has 0 heterocycles. The first kappa shape index (κ1) is 12.1. The van der Waals surface area contributed by atoms with Crippen molar-refractivity contribution >= 4 is 17.2 Å². The first-order valence-electron chi connectivity index (χ1n) is 5.56. The van der Waals surface area contributed by atoms with Gasteiger partial charge in [-0.2, -0.15) is 0 Å². The monoisotopic (exact) mass is 242 g/mol. The summed E-state index contributed by atoms with van der Waals surface area (Å²) >= 11 is 0. The Morgan fingerprint density at radius 3 is 2.39 bits per heavy atom. The lowest BCUT2D eigenvalue weighted by Gasteiger charge is -2.15. The van der Waals surface area contributed by atoms with Crippen LogP contribution in [0.15, 0.2) is 52.2 Å². The van der Waals surface area contributed by atoms with E-state index in [1.165, 1.54) is 6.08 Å². The molecular weight excluding hydrogens is 228 g/mol. The third-order valence-electron chi connectivity index (χ3n) is 2.84. The zero-order valence-electron chi connectivity index (χ0n) is 10.3. The predicted molar refractivity (Wildman–Crippen MR) is 70.9 cm³/mol. The molecule has 1 aliphatic rings. The van der Waals surface area contributed by atoms with Crippen LogP contribution < -0.4 is 5.73 Å². The maximum absolute atomic E-state index is 11.5. The van der Waals surface area contributed by atoms with Gasteiger partial charge in [-0.15, -0.1) is 0 Å². The van der Waals surface area contributed by atoms with Crippen molar-refractivity contribution < 1.29 is 9.90 Å². The van der Waals surface area contributed by atoms with E-state index in [0.29, 0.717) is 17.0 Å². The minimum Gasteiger partial charge on any atom is -0.508 e. The second-order valence-corrected chi connectivity index (χ2v) is 4.21. The minimum atomic E-state index is -0.172. The zero-order valence-corrected chi connectivity index (χ0v) is 10.3. The molecule has 0 aromatic heterocycles. The molecule has 0 saturated carbocycles. The molecule has 1 aromatic carbocycles. The number of ketones is 1. The van der Waals surface area contributed by atoms with Gasteiger partial charge in [0.25, 0.3) is 0 Å². The Kier molecular flexibility index (Phi) is 3.02. The minimum absolute atomic E-state index is 0.172. The molecular formula is C14H14N2O2. The number of benzene rings is 1. The average molecular weight is 242 g/mol. The van der Waals surface area contributed by atoms with E-state index in [-0.39, 0.29) is 17.2 Å². The Balaban J connectivity index is 2.47. The van der Waals surface area contributed by atoms with Gasteiger partial charge in [0, 0.05) is 5.57 Å². The lowest BCUT2D eigenvalue weighted by Crippen LogP contribution is -2.21. The number of hydrogen-bond acceptors (Lipinski definition) is 4. The van der Waals surface area contributed by atoms with E-state index in [0.717, 1.165) is 5.57 Å². The van der Waals surface area contributed by atoms with Crippen LogP contribution in [0.25, 0.3) is 0 Å². The van der Waals surface area contributed by atoms with Gasteiger partial charge in [-0.25, -0.2) is 4.99 Å². The molecule has 2 rings (SSSR count). The van der Waals surface area contributed by atoms with Crippen LogP contribution in [-0.4, -0.2) is 16.6 Å². The number of rotatable bonds is 1. The number of carbonyl (C=O) groups is 1. The van der Waals surface area contributed by atoms with E-state index in [9.17, 15) is 9.90 Å². The Morgan fingerprint density at radius 1 is 1.17 bits per heavy atom. The van der Waals surface area contributed by atoms with E-state index in [1.54, 1.807) is 31.2 Å². The number of allylic oxidation sites excluding steroid dienone is 3. The molecule has 0 fully saturated rings. The Morgan fingerprint density at radius 2 is 1.78 bits per heavy atom. The maximum Gasteiger partial charge on any atom is 0.202 e. The normalized spacial score (nSPS) is 18.2. The largest absolute Gasteiger partial charge is 0.508 e. The van der Waals surface area contributed by atoms with Crippen molar-refractivity contribution in [2.24, 2.45) is 10.7 Å². The van der Waals surface area contributed by atoms with Crippen molar-refractivity contribution in [3.63, 3.8) is 0 Å². The number of carbonyl (C=O) groups excluding carboxylic acids is 1. The number of nitrogens with two attached hydrogens (primary N) is 1. The Bertz CT molecular complexity index is 593. The second-order valence-electron chi connectivity index (χ2n) is 4.21. The number of phenolic OH excluding ortho intramolecular Hbond substituents is 1. The third kappa shape index (κ3) is 2.18. The van der Waals surface area contributed by atoms with Gasteiger partial charge < -0.3 is 10.8 Å². The van der Waals surface area contributed by atoms with Gasteiger partial charge >= 0.3 is 0 Å². The topological polar surface area (TPSA) is 75.7 Å². The van der Waals surface area contributed by atoms with Crippen LogP contribution in [0.5, 0.6) is 5.75 Å².